The number of imidazole rings is 1. The minimum absolute atomic E-state index is 0.236. The molecule has 1 aliphatic rings. The first kappa shape index (κ1) is 17.9. The van der Waals surface area contributed by atoms with Gasteiger partial charge in [0.05, 0.1) is 18.1 Å². The Bertz CT molecular complexity index is 1250. The van der Waals surface area contributed by atoms with Crippen molar-refractivity contribution in [2.75, 3.05) is 12.4 Å². The van der Waals surface area contributed by atoms with Gasteiger partial charge in [-0.1, -0.05) is 42.5 Å². The number of methoxy groups -OCH3 is 1. The molecule has 7 nitrogen and oxygen atoms in total. The first-order chi connectivity index (χ1) is 14.7. The van der Waals surface area contributed by atoms with Crippen molar-refractivity contribution in [3.05, 3.63) is 90.0 Å². The highest BCUT2D eigenvalue weighted by atomic mass is 16.5. The zero-order valence-corrected chi connectivity index (χ0v) is 16.2. The van der Waals surface area contributed by atoms with Crippen molar-refractivity contribution in [3.63, 3.8) is 0 Å². The van der Waals surface area contributed by atoms with Crippen molar-refractivity contribution in [1.29, 1.82) is 0 Å². The molecular weight excluding hydrogens is 378 g/mol. The van der Waals surface area contributed by atoms with Crippen molar-refractivity contribution in [2.24, 2.45) is 4.99 Å². The van der Waals surface area contributed by atoms with Gasteiger partial charge in [0.1, 0.15) is 5.75 Å². The lowest BCUT2D eigenvalue weighted by Crippen LogP contribution is -2.40. The van der Waals surface area contributed by atoms with E-state index in [0.29, 0.717) is 17.5 Å². The van der Waals surface area contributed by atoms with Crippen LogP contribution in [-0.2, 0) is 0 Å². The normalized spacial score (nSPS) is 15.1. The molecule has 0 saturated carbocycles. The van der Waals surface area contributed by atoms with Crippen LogP contribution in [0.15, 0.2) is 83.9 Å². The minimum atomic E-state index is -0.384. The number of fused-ring (bicyclic) bond motifs is 3. The topological polar surface area (TPSA) is 80.5 Å². The minimum Gasteiger partial charge on any atom is -0.497 e. The van der Waals surface area contributed by atoms with E-state index in [1.165, 1.54) is 0 Å². The summed E-state index contributed by atoms with van der Waals surface area (Å²) in [5, 5.41) is 6.02. The van der Waals surface area contributed by atoms with Crippen molar-refractivity contribution in [2.45, 2.75) is 6.17 Å². The third-order valence-corrected chi connectivity index (χ3v) is 5.00. The molecule has 0 aliphatic carbocycles. The van der Waals surface area contributed by atoms with Crippen LogP contribution in [0.3, 0.4) is 0 Å². The molecule has 0 spiro atoms. The first-order valence-corrected chi connectivity index (χ1v) is 9.55. The fourth-order valence-electron chi connectivity index (χ4n) is 3.53. The molecule has 1 aliphatic heterocycles. The summed E-state index contributed by atoms with van der Waals surface area (Å²) >= 11 is 0. The smallest absolute Gasteiger partial charge is 0.257 e. The summed E-state index contributed by atoms with van der Waals surface area (Å²) in [6, 6.07) is 24.6. The van der Waals surface area contributed by atoms with E-state index in [0.717, 1.165) is 22.3 Å². The number of amides is 1. The van der Waals surface area contributed by atoms with E-state index in [4.69, 9.17) is 9.73 Å². The van der Waals surface area contributed by atoms with E-state index < -0.39 is 0 Å². The lowest BCUT2D eigenvalue weighted by Gasteiger charge is -2.25. The Morgan fingerprint density at radius 1 is 1.00 bits per heavy atom. The lowest BCUT2D eigenvalue weighted by molar-refractivity contribution is 0.0976. The van der Waals surface area contributed by atoms with Gasteiger partial charge in [0.2, 0.25) is 11.9 Å². The predicted octanol–water partition coefficient (Wildman–Crippen LogP) is 3.80. The van der Waals surface area contributed by atoms with Gasteiger partial charge < -0.3 is 4.74 Å². The van der Waals surface area contributed by atoms with Crippen LogP contribution in [0, 0.1) is 0 Å². The van der Waals surface area contributed by atoms with E-state index >= 15 is 0 Å². The molecule has 2 N–H and O–H groups in total. The predicted molar refractivity (Wildman–Crippen MR) is 116 cm³/mol. The van der Waals surface area contributed by atoms with E-state index in [1.807, 2.05) is 71.3 Å². The van der Waals surface area contributed by atoms with Gasteiger partial charge in [0.15, 0.2) is 6.17 Å². The summed E-state index contributed by atoms with van der Waals surface area (Å²) in [5.74, 6) is 1.51. The Hall–Kier alpha value is -4.13. The van der Waals surface area contributed by atoms with Gasteiger partial charge in [-0.25, -0.2) is 9.98 Å². The van der Waals surface area contributed by atoms with E-state index in [1.54, 1.807) is 19.2 Å². The van der Waals surface area contributed by atoms with Crippen LogP contribution in [0.4, 0.5) is 5.95 Å². The largest absolute Gasteiger partial charge is 0.497 e. The highest BCUT2D eigenvalue weighted by molar-refractivity contribution is 6.10. The van der Waals surface area contributed by atoms with Crippen LogP contribution in [0.25, 0.3) is 11.0 Å². The quantitative estimate of drug-likeness (QED) is 0.551. The molecule has 0 fully saturated rings. The van der Waals surface area contributed by atoms with Gasteiger partial charge >= 0.3 is 0 Å². The molecule has 1 aromatic heterocycles. The molecule has 5 rings (SSSR count). The number of nitrogens with one attached hydrogen (secondary N) is 2. The molecule has 30 heavy (non-hydrogen) atoms. The second-order valence-corrected chi connectivity index (χ2v) is 6.86. The fourth-order valence-corrected chi connectivity index (χ4v) is 3.53. The number of hydrogen-bond acceptors (Lipinski definition) is 5. The number of aromatic nitrogens is 2. The SMILES string of the molecule is COc1ccc([C@@H]2N=C(NC(=O)c3ccccc3)Nc3nc4ccccc4n32)cc1. The molecule has 0 radical (unpaired) electrons. The molecule has 7 heteroatoms. The van der Waals surface area contributed by atoms with Crippen molar-refractivity contribution >= 4 is 28.8 Å². The highest BCUT2D eigenvalue weighted by Gasteiger charge is 2.26. The van der Waals surface area contributed by atoms with E-state index in [2.05, 4.69) is 15.6 Å². The van der Waals surface area contributed by atoms with Gasteiger partial charge in [0.25, 0.3) is 5.91 Å². The third kappa shape index (κ3) is 3.16. The van der Waals surface area contributed by atoms with Gasteiger partial charge in [-0.2, -0.15) is 0 Å². The number of hydrogen-bond donors (Lipinski definition) is 2. The molecule has 0 saturated heterocycles. The number of carbonyl (C=O) groups excluding carboxylic acids is 1. The van der Waals surface area contributed by atoms with Crippen LogP contribution >= 0.6 is 0 Å². The first-order valence-electron chi connectivity index (χ1n) is 9.55. The lowest BCUT2D eigenvalue weighted by atomic mass is 10.1. The summed E-state index contributed by atoms with van der Waals surface area (Å²) in [6.07, 6.45) is -0.384. The number of rotatable bonds is 3. The fraction of sp³-hybridized carbons (Fsp3) is 0.0870. The Morgan fingerprint density at radius 2 is 1.73 bits per heavy atom. The maximum absolute atomic E-state index is 12.6. The molecular formula is C23H19N5O2. The van der Waals surface area contributed by atoms with Gasteiger partial charge in [-0.05, 0) is 42.0 Å². The molecule has 2 heterocycles. The van der Waals surface area contributed by atoms with Gasteiger partial charge in [-0.3, -0.25) is 20.0 Å². The van der Waals surface area contributed by atoms with E-state index in [-0.39, 0.29) is 12.1 Å². The Labute approximate surface area is 173 Å². The number of ether oxygens (including phenoxy) is 1. The average Bonchev–Trinajstić information content (AvgIpc) is 3.17. The number of para-hydroxylation sites is 2. The summed E-state index contributed by atoms with van der Waals surface area (Å²) in [5.41, 5.74) is 3.32. The Balaban J connectivity index is 1.56. The van der Waals surface area contributed by atoms with E-state index in [9.17, 15) is 4.79 Å². The number of benzene rings is 3. The molecule has 0 bridgehead atoms. The van der Waals surface area contributed by atoms with Gasteiger partial charge in [0, 0.05) is 5.56 Å². The monoisotopic (exact) mass is 397 g/mol. The summed E-state index contributed by atoms with van der Waals surface area (Å²) in [7, 11) is 1.64. The maximum atomic E-state index is 12.6. The third-order valence-electron chi connectivity index (χ3n) is 5.00. The second kappa shape index (κ2) is 7.36. The number of carbonyl (C=O) groups is 1. The van der Waals surface area contributed by atoms with Crippen molar-refractivity contribution in [3.8, 4) is 5.75 Å². The zero-order valence-electron chi connectivity index (χ0n) is 16.2. The number of guanidine groups is 1. The van der Waals surface area contributed by atoms with Crippen LogP contribution in [0.1, 0.15) is 22.1 Å². The van der Waals surface area contributed by atoms with Crippen LogP contribution in [0.2, 0.25) is 0 Å². The van der Waals surface area contributed by atoms with Crippen LogP contribution in [-0.4, -0.2) is 28.5 Å². The molecule has 4 aromatic rings. The molecule has 148 valence electrons. The number of aliphatic imine (C=N–C) groups is 1. The van der Waals surface area contributed by atoms with Crippen molar-refractivity contribution in [1.82, 2.24) is 14.9 Å². The van der Waals surface area contributed by atoms with Crippen molar-refractivity contribution < 1.29 is 9.53 Å². The molecule has 0 unspecified atom stereocenters. The standard InChI is InChI=1S/C23H19N5O2/c1-30-17-13-11-15(12-14-17)20-25-22(26-21(29)16-7-3-2-4-8-16)27-23-24-18-9-5-6-10-19(18)28(20)23/h2-14,20H,1H3,(H2,24,25,26,27,29)/t20-/m1/s1. The summed E-state index contributed by atoms with van der Waals surface area (Å²) in [6.45, 7) is 0. The second-order valence-electron chi connectivity index (χ2n) is 6.86. The Morgan fingerprint density at radius 3 is 2.50 bits per heavy atom. The average molecular weight is 397 g/mol. The van der Waals surface area contributed by atoms with Gasteiger partial charge in [-0.15, -0.1) is 0 Å². The summed E-state index contributed by atoms with van der Waals surface area (Å²) < 4.78 is 7.30. The summed E-state index contributed by atoms with van der Waals surface area (Å²) in [4.78, 5) is 22.1. The molecule has 1 atom stereocenters. The molecule has 1 amide bonds. The maximum Gasteiger partial charge on any atom is 0.257 e. The highest BCUT2D eigenvalue weighted by Crippen LogP contribution is 2.33. The Kier molecular flexibility index (Phi) is 4.40. The number of nitrogens with zero attached hydrogens (tertiary/aromatic N) is 3. The number of anilines is 1. The van der Waals surface area contributed by atoms with Crippen LogP contribution < -0.4 is 15.4 Å². The zero-order chi connectivity index (χ0) is 20.5. The van der Waals surface area contributed by atoms with Crippen LogP contribution in [0.5, 0.6) is 5.75 Å². The molecule has 3 aromatic carbocycles.